The summed E-state index contributed by atoms with van der Waals surface area (Å²) in [5.74, 6) is 1.83. The van der Waals surface area contributed by atoms with E-state index in [4.69, 9.17) is 0 Å². The van der Waals surface area contributed by atoms with Crippen molar-refractivity contribution in [2.45, 2.75) is 25.4 Å². The molecule has 0 atom stereocenters. The summed E-state index contributed by atoms with van der Waals surface area (Å²) in [5.41, 5.74) is 1.01. The van der Waals surface area contributed by atoms with Crippen molar-refractivity contribution in [3.05, 3.63) is 23.9 Å². The Hall–Kier alpha value is -1.78. The molecule has 0 amide bonds. The lowest BCUT2D eigenvalue weighted by Crippen LogP contribution is -2.38. The van der Waals surface area contributed by atoms with Crippen molar-refractivity contribution in [3.8, 4) is 0 Å². The molecule has 5 heteroatoms. The summed E-state index contributed by atoms with van der Waals surface area (Å²) in [6.07, 6.45) is 2.49. The number of aromatic nitrogens is 1. The van der Waals surface area contributed by atoms with Gasteiger partial charge in [0.2, 0.25) is 0 Å². The molecule has 1 saturated carbocycles. The van der Waals surface area contributed by atoms with E-state index in [0.29, 0.717) is 12.6 Å². The molecule has 18 heavy (non-hydrogen) atoms. The van der Waals surface area contributed by atoms with Crippen molar-refractivity contribution in [2.75, 3.05) is 26.0 Å². The van der Waals surface area contributed by atoms with Gasteiger partial charge in [0.1, 0.15) is 5.82 Å². The van der Waals surface area contributed by atoms with E-state index in [0.717, 1.165) is 17.5 Å². The van der Waals surface area contributed by atoms with Crippen molar-refractivity contribution >= 4 is 11.8 Å². The van der Waals surface area contributed by atoms with Crippen LogP contribution in [-0.2, 0) is 6.54 Å². The van der Waals surface area contributed by atoms with Crippen LogP contribution in [0.5, 0.6) is 0 Å². The van der Waals surface area contributed by atoms with E-state index in [-0.39, 0.29) is 0 Å². The predicted octanol–water partition coefficient (Wildman–Crippen LogP) is 0.975. The highest BCUT2D eigenvalue weighted by atomic mass is 15.2. The van der Waals surface area contributed by atoms with E-state index in [2.05, 4.69) is 20.6 Å². The maximum atomic E-state index is 4.55. The van der Waals surface area contributed by atoms with Gasteiger partial charge in [0.05, 0.1) is 12.2 Å². The Morgan fingerprint density at radius 2 is 2.22 bits per heavy atom. The van der Waals surface area contributed by atoms with Crippen LogP contribution in [-0.4, -0.2) is 38.1 Å². The van der Waals surface area contributed by atoms with Crippen molar-refractivity contribution < 1.29 is 0 Å². The maximum absolute atomic E-state index is 4.55. The Bertz CT molecular complexity index is 423. The molecule has 5 nitrogen and oxygen atoms in total. The van der Waals surface area contributed by atoms with Crippen molar-refractivity contribution in [1.29, 1.82) is 0 Å². The lowest BCUT2D eigenvalue weighted by molar-refractivity contribution is 0.790. The molecule has 0 aromatic carbocycles. The topological polar surface area (TPSA) is 52.6 Å². The van der Waals surface area contributed by atoms with Crippen molar-refractivity contribution in [3.63, 3.8) is 0 Å². The van der Waals surface area contributed by atoms with Crippen LogP contribution in [0.15, 0.2) is 23.2 Å². The highest BCUT2D eigenvalue weighted by Gasteiger charge is 2.21. The number of hydrogen-bond donors (Lipinski definition) is 2. The van der Waals surface area contributed by atoms with Gasteiger partial charge in [-0.2, -0.15) is 0 Å². The van der Waals surface area contributed by atoms with Gasteiger partial charge < -0.3 is 15.5 Å². The first-order chi connectivity index (χ1) is 8.69. The molecule has 0 spiro atoms. The van der Waals surface area contributed by atoms with Gasteiger partial charge in [-0.25, -0.2) is 4.98 Å². The molecule has 0 aliphatic heterocycles. The highest BCUT2D eigenvalue weighted by Crippen LogP contribution is 2.18. The molecule has 0 bridgehead atoms. The van der Waals surface area contributed by atoms with Crippen LogP contribution in [0.2, 0.25) is 0 Å². The molecule has 2 rings (SSSR count). The average molecular weight is 247 g/mol. The third-order valence-corrected chi connectivity index (χ3v) is 2.83. The quantitative estimate of drug-likeness (QED) is 0.615. The van der Waals surface area contributed by atoms with Gasteiger partial charge in [-0.3, -0.25) is 4.99 Å². The standard InChI is InChI=1S/C13H21N5/c1-14-13(17-10-7-8-10)15-9-11-5-4-6-12(16-11)18(2)3/h4-6,10H,7-9H2,1-3H3,(H2,14,15,17). The minimum atomic E-state index is 0.609. The third kappa shape index (κ3) is 3.61. The Morgan fingerprint density at radius 1 is 1.44 bits per heavy atom. The van der Waals surface area contributed by atoms with Crippen LogP contribution in [0.1, 0.15) is 18.5 Å². The van der Waals surface area contributed by atoms with E-state index in [1.165, 1.54) is 12.8 Å². The zero-order valence-corrected chi connectivity index (χ0v) is 11.3. The molecule has 2 N–H and O–H groups in total. The Balaban J connectivity index is 1.90. The fourth-order valence-electron chi connectivity index (χ4n) is 1.60. The van der Waals surface area contributed by atoms with E-state index >= 15 is 0 Å². The number of aliphatic imine (C=N–C) groups is 1. The summed E-state index contributed by atoms with van der Waals surface area (Å²) in [5, 5.41) is 6.63. The molecule has 0 unspecified atom stereocenters. The van der Waals surface area contributed by atoms with Crippen molar-refractivity contribution in [2.24, 2.45) is 4.99 Å². The Morgan fingerprint density at radius 3 is 2.83 bits per heavy atom. The minimum Gasteiger partial charge on any atom is -0.363 e. The predicted molar refractivity (Wildman–Crippen MR) is 74.9 cm³/mol. The smallest absolute Gasteiger partial charge is 0.191 e. The zero-order valence-electron chi connectivity index (χ0n) is 11.3. The minimum absolute atomic E-state index is 0.609. The van der Waals surface area contributed by atoms with E-state index < -0.39 is 0 Å². The zero-order chi connectivity index (χ0) is 13.0. The summed E-state index contributed by atoms with van der Waals surface area (Å²) < 4.78 is 0. The van der Waals surface area contributed by atoms with Crippen LogP contribution >= 0.6 is 0 Å². The molecular formula is C13H21N5. The lowest BCUT2D eigenvalue weighted by atomic mass is 10.3. The second-order valence-corrected chi connectivity index (χ2v) is 4.73. The Kier molecular flexibility index (Phi) is 4.02. The van der Waals surface area contributed by atoms with Gasteiger partial charge in [0.15, 0.2) is 5.96 Å². The molecule has 0 radical (unpaired) electrons. The third-order valence-electron chi connectivity index (χ3n) is 2.83. The largest absolute Gasteiger partial charge is 0.363 e. The monoisotopic (exact) mass is 247 g/mol. The average Bonchev–Trinajstić information content (AvgIpc) is 3.18. The SMILES string of the molecule is CN=C(NCc1cccc(N(C)C)n1)NC1CC1. The molecule has 1 aliphatic rings. The second-order valence-electron chi connectivity index (χ2n) is 4.73. The normalized spacial score (nSPS) is 15.4. The van der Waals surface area contributed by atoms with E-state index in [1.54, 1.807) is 7.05 Å². The van der Waals surface area contributed by atoms with E-state index in [9.17, 15) is 0 Å². The van der Waals surface area contributed by atoms with Gasteiger partial charge in [-0.15, -0.1) is 0 Å². The first-order valence-electron chi connectivity index (χ1n) is 6.29. The highest BCUT2D eigenvalue weighted by molar-refractivity contribution is 5.80. The molecule has 1 fully saturated rings. The first kappa shape index (κ1) is 12.7. The fraction of sp³-hybridized carbons (Fsp3) is 0.538. The van der Waals surface area contributed by atoms with Crippen LogP contribution in [0, 0.1) is 0 Å². The van der Waals surface area contributed by atoms with Gasteiger partial charge in [-0.1, -0.05) is 6.07 Å². The van der Waals surface area contributed by atoms with Gasteiger partial charge >= 0.3 is 0 Å². The molecule has 0 saturated heterocycles. The number of pyridine rings is 1. The van der Waals surface area contributed by atoms with Crippen molar-refractivity contribution in [1.82, 2.24) is 15.6 Å². The van der Waals surface area contributed by atoms with Gasteiger partial charge in [0, 0.05) is 27.2 Å². The number of rotatable bonds is 4. The molecule has 1 aliphatic carbocycles. The number of anilines is 1. The molecular weight excluding hydrogens is 226 g/mol. The number of guanidine groups is 1. The number of nitrogens with zero attached hydrogens (tertiary/aromatic N) is 3. The maximum Gasteiger partial charge on any atom is 0.191 e. The van der Waals surface area contributed by atoms with Crippen LogP contribution in [0.3, 0.4) is 0 Å². The second kappa shape index (κ2) is 5.71. The summed E-state index contributed by atoms with van der Waals surface area (Å²) >= 11 is 0. The fourth-order valence-corrected chi connectivity index (χ4v) is 1.60. The van der Waals surface area contributed by atoms with Crippen LogP contribution in [0.25, 0.3) is 0 Å². The molecule has 1 heterocycles. The van der Waals surface area contributed by atoms with Gasteiger partial charge in [0.25, 0.3) is 0 Å². The van der Waals surface area contributed by atoms with E-state index in [1.807, 2.05) is 37.2 Å². The van der Waals surface area contributed by atoms with Crippen LogP contribution < -0.4 is 15.5 Å². The summed E-state index contributed by atoms with van der Waals surface area (Å²) in [6.45, 7) is 0.689. The lowest BCUT2D eigenvalue weighted by Gasteiger charge is -2.14. The number of hydrogen-bond acceptors (Lipinski definition) is 3. The number of nitrogens with one attached hydrogen (secondary N) is 2. The summed E-state index contributed by atoms with van der Waals surface area (Å²) in [6, 6.07) is 6.65. The van der Waals surface area contributed by atoms with Crippen LogP contribution in [0.4, 0.5) is 5.82 Å². The molecule has 98 valence electrons. The molecule has 1 aromatic rings. The summed E-state index contributed by atoms with van der Waals surface area (Å²) in [7, 11) is 5.78. The van der Waals surface area contributed by atoms with Gasteiger partial charge in [-0.05, 0) is 25.0 Å². The molecule has 1 aromatic heterocycles. The summed E-state index contributed by atoms with van der Waals surface area (Å²) in [4.78, 5) is 10.8. The first-order valence-corrected chi connectivity index (χ1v) is 6.29. The Labute approximate surface area is 108 Å².